The van der Waals surface area contributed by atoms with E-state index in [9.17, 15) is 9.59 Å². The van der Waals surface area contributed by atoms with Crippen LogP contribution in [0.15, 0.2) is 42.5 Å². The second kappa shape index (κ2) is 11.2. The lowest BCUT2D eigenvalue weighted by Crippen LogP contribution is -2.36. The number of amides is 2. The number of rotatable bonds is 7. The molecule has 2 aromatic carbocycles. The number of anilines is 2. The molecule has 0 aliphatic carbocycles. The number of nitrogens with zero attached hydrogens (tertiary/aromatic N) is 1. The molecule has 3 rings (SSSR count). The van der Waals surface area contributed by atoms with Gasteiger partial charge in [-0.25, -0.2) is 0 Å². The van der Waals surface area contributed by atoms with Gasteiger partial charge in [0.15, 0.2) is 0 Å². The predicted octanol–water partition coefficient (Wildman–Crippen LogP) is 3.38. The minimum Gasteiger partial charge on any atom is -0.497 e. The van der Waals surface area contributed by atoms with Crippen LogP contribution in [0, 0.1) is 0 Å². The molecule has 7 nitrogen and oxygen atoms in total. The lowest BCUT2D eigenvalue weighted by atomic mass is 10.1. The average molecular weight is 426 g/mol. The zero-order valence-corrected chi connectivity index (χ0v) is 18.3. The van der Waals surface area contributed by atoms with Gasteiger partial charge < -0.3 is 25.0 Å². The Morgan fingerprint density at radius 1 is 0.903 bits per heavy atom. The molecule has 1 fully saturated rings. The Balaban J connectivity index is 1.48. The number of hydrogen-bond donors (Lipinski definition) is 2. The standard InChI is InChI=1S/C24H31N3O4/c1-30-20-11-12-22(31-2)21(17-20)26-24(29)23(28)25-14-13-18-7-9-19(10-8-18)27-15-5-3-4-6-16-27/h7-12,17H,3-6,13-16H2,1-2H3,(H,25,28)(H,26,29). The van der Waals surface area contributed by atoms with Crippen LogP contribution in [0.25, 0.3) is 0 Å². The third kappa shape index (κ3) is 6.38. The van der Waals surface area contributed by atoms with Crippen molar-refractivity contribution >= 4 is 23.2 Å². The van der Waals surface area contributed by atoms with Gasteiger partial charge in [0.2, 0.25) is 0 Å². The lowest BCUT2D eigenvalue weighted by molar-refractivity contribution is -0.136. The summed E-state index contributed by atoms with van der Waals surface area (Å²) in [6, 6.07) is 13.5. The normalized spacial score (nSPS) is 13.8. The van der Waals surface area contributed by atoms with Crippen molar-refractivity contribution in [2.24, 2.45) is 0 Å². The van der Waals surface area contributed by atoms with Gasteiger partial charge >= 0.3 is 11.8 Å². The van der Waals surface area contributed by atoms with E-state index in [1.165, 1.54) is 45.6 Å². The monoisotopic (exact) mass is 425 g/mol. The van der Waals surface area contributed by atoms with Gasteiger partial charge in [-0.3, -0.25) is 9.59 Å². The van der Waals surface area contributed by atoms with E-state index in [-0.39, 0.29) is 0 Å². The fraction of sp³-hybridized carbons (Fsp3) is 0.417. The van der Waals surface area contributed by atoms with Gasteiger partial charge in [-0.05, 0) is 49.1 Å². The largest absolute Gasteiger partial charge is 0.497 e. The molecule has 2 amide bonds. The van der Waals surface area contributed by atoms with Crippen LogP contribution in [0.1, 0.15) is 31.2 Å². The second-order valence-corrected chi connectivity index (χ2v) is 7.59. The first-order valence-electron chi connectivity index (χ1n) is 10.8. The highest BCUT2D eigenvalue weighted by Gasteiger charge is 2.16. The molecular weight excluding hydrogens is 394 g/mol. The molecule has 0 aromatic heterocycles. The Kier molecular flexibility index (Phi) is 8.15. The molecule has 1 aliphatic rings. The summed E-state index contributed by atoms with van der Waals surface area (Å²) in [4.78, 5) is 26.9. The Bertz CT molecular complexity index is 875. The zero-order chi connectivity index (χ0) is 22.1. The smallest absolute Gasteiger partial charge is 0.313 e. The second-order valence-electron chi connectivity index (χ2n) is 7.59. The van der Waals surface area contributed by atoms with Crippen LogP contribution in [-0.2, 0) is 16.0 Å². The van der Waals surface area contributed by atoms with Crippen LogP contribution in [0.3, 0.4) is 0 Å². The Labute approximate surface area is 183 Å². The summed E-state index contributed by atoms with van der Waals surface area (Å²) in [5.41, 5.74) is 2.75. The highest BCUT2D eigenvalue weighted by Crippen LogP contribution is 2.28. The summed E-state index contributed by atoms with van der Waals surface area (Å²) >= 11 is 0. The van der Waals surface area contributed by atoms with E-state index >= 15 is 0 Å². The van der Waals surface area contributed by atoms with Crippen molar-refractivity contribution in [3.05, 3.63) is 48.0 Å². The van der Waals surface area contributed by atoms with Crippen LogP contribution >= 0.6 is 0 Å². The predicted molar refractivity (Wildman–Crippen MR) is 122 cm³/mol. The maximum absolute atomic E-state index is 12.2. The van der Waals surface area contributed by atoms with E-state index in [4.69, 9.17) is 9.47 Å². The van der Waals surface area contributed by atoms with Crippen LogP contribution in [0.4, 0.5) is 11.4 Å². The molecule has 2 N–H and O–H groups in total. The first-order chi connectivity index (χ1) is 15.1. The average Bonchev–Trinajstić information content (AvgIpc) is 3.09. The number of carbonyl (C=O) groups is 2. The van der Waals surface area contributed by atoms with Crippen molar-refractivity contribution in [2.75, 3.05) is 44.1 Å². The minimum atomic E-state index is -0.747. The minimum absolute atomic E-state index is 0.380. The Morgan fingerprint density at radius 3 is 2.26 bits per heavy atom. The van der Waals surface area contributed by atoms with Gasteiger partial charge in [-0.15, -0.1) is 0 Å². The highest BCUT2D eigenvalue weighted by atomic mass is 16.5. The van der Waals surface area contributed by atoms with Gasteiger partial charge in [0, 0.05) is 31.4 Å². The molecule has 31 heavy (non-hydrogen) atoms. The Hall–Kier alpha value is -3.22. The van der Waals surface area contributed by atoms with E-state index in [0.717, 1.165) is 18.7 Å². The van der Waals surface area contributed by atoms with Crippen LogP contribution in [-0.4, -0.2) is 45.7 Å². The number of hydrogen-bond acceptors (Lipinski definition) is 5. The van der Waals surface area contributed by atoms with Gasteiger partial charge in [0.05, 0.1) is 19.9 Å². The molecule has 0 spiro atoms. The summed E-state index contributed by atoms with van der Waals surface area (Å²) in [7, 11) is 3.02. The maximum Gasteiger partial charge on any atom is 0.313 e. The first-order valence-corrected chi connectivity index (χ1v) is 10.8. The van der Waals surface area contributed by atoms with Crippen LogP contribution < -0.4 is 25.0 Å². The van der Waals surface area contributed by atoms with Gasteiger partial charge in [-0.2, -0.15) is 0 Å². The van der Waals surface area contributed by atoms with Crippen molar-refractivity contribution < 1.29 is 19.1 Å². The third-order valence-corrected chi connectivity index (χ3v) is 5.47. The van der Waals surface area contributed by atoms with Gasteiger partial charge in [0.1, 0.15) is 11.5 Å². The van der Waals surface area contributed by atoms with Crippen molar-refractivity contribution in [1.29, 1.82) is 0 Å². The van der Waals surface area contributed by atoms with Crippen LogP contribution in [0.2, 0.25) is 0 Å². The molecule has 0 atom stereocenters. The van der Waals surface area contributed by atoms with Gasteiger partial charge in [0.25, 0.3) is 0 Å². The van der Waals surface area contributed by atoms with E-state index in [2.05, 4.69) is 39.8 Å². The summed E-state index contributed by atoms with van der Waals surface area (Å²) in [5.74, 6) is -0.430. The number of ether oxygens (including phenoxy) is 2. The quantitative estimate of drug-likeness (QED) is 0.665. The molecule has 7 heteroatoms. The summed E-state index contributed by atoms with van der Waals surface area (Å²) in [5, 5.41) is 5.24. The molecule has 1 aliphatic heterocycles. The third-order valence-electron chi connectivity index (χ3n) is 5.47. The number of methoxy groups -OCH3 is 2. The lowest BCUT2D eigenvalue weighted by Gasteiger charge is -2.22. The van der Waals surface area contributed by atoms with Crippen LogP contribution in [0.5, 0.6) is 11.5 Å². The zero-order valence-electron chi connectivity index (χ0n) is 18.3. The fourth-order valence-electron chi connectivity index (χ4n) is 3.69. The molecular formula is C24H31N3O4. The van der Waals surface area contributed by atoms with E-state index in [1.807, 2.05) is 0 Å². The summed E-state index contributed by atoms with van der Waals surface area (Å²) in [6.45, 7) is 2.61. The molecule has 1 saturated heterocycles. The van der Waals surface area contributed by atoms with Crippen molar-refractivity contribution in [3.8, 4) is 11.5 Å². The SMILES string of the molecule is COc1ccc(OC)c(NC(=O)C(=O)NCCc2ccc(N3CCCCCC3)cc2)c1. The number of carbonyl (C=O) groups excluding carboxylic acids is 2. The molecule has 0 bridgehead atoms. The fourth-order valence-corrected chi connectivity index (χ4v) is 3.69. The topological polar surface area (TPSA) is 79.9 Å². The molecule has 0 saturated carbocycles. The summed E-state index contributed by atoms with van der Waals surface area (Å²) in [6.07, 6.45) is 5.77. The van der Waals surface area contributed by atoms with E-state index < -0.39 is 11.8 Å². The highest BCUT2D eigenvalue weighted by molar-refractivity contribution is 6.39. The number of nitrogens with one attached hydrogen (secondary N) is 2. The molecule has 0 radical (unpaired) electrons. The van der Waals surface area contributed by atoms with Crippen molar-refractivity contribution in [2.45, 2.75) is 32.1 Å². The van der Waals surface area contributed by atoms with Gasteiger partial charge in [-0.1, -0.05) is 25.0 Å². The summed E-state index contributed by atoms with van der Waals surface area (Å²) < 4.78 is 10.4. The Morgan fingerprint density at radius 2 is 1.61 bits per heavy atom. The molecule has 2 aromatic rings. The van der Waals surface area contributed by atoms with Crippen molar-refractivity contribution in [3.63, 3.8) is 0 Å². The van der Waals surface area contributed by atoms with E-state index in [1.54, 1.807) is 18.2 Å². The number of benzene rings is 2. The molecule has 166 valence electrons. The van der Waals surface area contributed by atoms with E-state index in [0.29, 0.717) is 30.2 Å². The molecule has 1 heterocycles. The maximum atomic E-state index is 12.2. The first kappa shape index (κ1) is 22.5. The molecule has 0 unspecified atom stereocenters. The van der Waals surface area contributed by atoms with Crippen molar-refractivity contribution in [1.82, 2.24) is 5.32 Å².